The van der Waals surface area contributed by atoms with Gasteiger partial charge in [-0.15, -0.1) is 21.4 Å². The van der Waals surface area contributed by atoms with E-state index in [1.54, 1.807) is 0 Å². The van der Waals surface area contributed by atoms with Gasteiger partial charge < -0.3 is 40.5 Å². The van der Waals surface area contributed by atoms with Gasteiger partial charge in [-0.2, -0.15) is 0 Å². The third-order valence-electron chi connectivity index (χ3n) is 0. The maximum atomic E-state index is 8.00. The van der Waals surface area contributed by atoms with Crippen LogP contribution in [0.5, 0.6) is 0 Å². The van der Waals surface area contributed by atoms with Crippen LogP contribution in [0.15, 0.2) is 21.4 Å². The largest absolute Gasteiger partial charge is 4.00 e. The summed E-state index contributed by atoms with van der Waals surface area (Å²) in [5.41, 5.74) is 0. The summed E-state index contributed by atoms with van der Waals surface area (Å²) < 4.78 is 0. The van der Waals surface area contributed by atoms with Crippen LogP contribution in [0, 0.1) is 40.5 Å². The van der Waals surface area contributed by atoms with E-state index in [9.17, 15) is 0 Å². The van der Waals surface area contributed by atoms with Crippen LogP contribution in [0.25, 0.3) is 0 Å². The van der Waals surface area contributed by atoms with Crippen molar-refractivity contribution in [2.24, 2.45) is 21.4 Å². The van der Waals surface area contributed by atoms with E-state index < -0.39 is 0 Å². The van der Waals surface area contributed by atoms with E-state index in [0.717, 1.165) is 21.4 Å². The molecule has 0 spiro atoms. The third-order valence-corrected chi connectivity index (χ3v) is 0. The summed E-state index contributed by atoms with van der Waals surface area (Å²) in [4.78, 5) is 32.0. The topological polar surface area (TPSA) is 210 Å². The standard InChI is InChI=1S/B.4HNO2.Ti/c;4*2-1-3;/h;4*(H,2,3);/q;;;;;+4/p-4. The average Bonchev–Trinajstić information content (AvgIpc) is 1.92. The molecule has 0 aliphatic heterocycles. The van der Waals surface area contributed by atoms with Crippen LogP contribution in [0.4, 0.5) is 0 Å². The van der Waals surface area contributed by atoms with Gasteiger partial charge in [0.05, 0.1) is 0 Å². The molecule has 75 valence electrons. The van der Waals surface area contributed by atoms with Crippen molar-refractivity contribution in [2.45, 2.75) is 0 Å². The van der Waals surface area contributed by atoms with Crippen LogP contribution in [0.2, 0.25) is 0 Å². The first-order valence-corrected chi connectivity index (χ1v) is 1.46. The zero-order chi connectivity index (χ0) is 10.8. The molecule has 0 unspecified atom stereocenters. The van der Waals surface area contributed by atoms with E-state index in [0.29, 0.717) is 0 Å². The monoisotopic (exact) mass is 243 g/mol. The molecule has 0 amide bonds. The van der Waals surface area contributed by atoms with E-state index in [2.05, 4.69) is 0 Å². The van der Waals surface area contributed by atoms with E-state index in [1.807, 2.05) is 0 Å². The molecule has 0 bridgehead atoms. The Hall–Kier alpha value is -1.62. The number of nitrogens with zero attached hydrogens (tertiary/aromatic N) is 4. The number of rotatable bonds is 0. The van der Waals surface area contributed by atoms with Gasteiger partial charge in [0, 0.05) is 8.41 Å². The molecule has 0 fully saturated rings. The number of hydrogen-bond donors (Lipinski definition) is 0. The van der Waals surface area contributed by atoms with E-state index in [1.165, 1.54) is 0 Å². The molecular weight excluding hydrogens is 243 g/mol. The van der Waals surface area contributed by atoms with Crippen LogP contribution in [-0.4, -0.2) is 8.41 Å². The average molecular weight is 243 g/mol. The Balaban J connectivity index is -0.0000000145. The molecule has 0 aliphatic carbocycles. The SMILES string of the molecule is O=N[O-].O=N[O-].O=N[O-].O=N[O-].[B].[Ti+4]. The van der Waals surface area contributed by atoms with Gasteiger partial charge in [-0.1, -0.05) is 0 Å². The first kappa shape index (κ1) is 39.4. The molecule has 0 atom stereocenters. The Morgan fingerprint density at radius 1 is 0.571 bits per heavy atom. The molecule has 12 nitrogen and oxygen atoms in total. The summed E-state index contributed by atoms with van der Waals surface area (Å²) in [5.74, 6) is 0. The van der Waals surface area contributed by atoms with Gasteiger partial charge in [0.25, 0.3) is 0 Å². The normalized spacial score (nSPS) is 3.43. The van der Waals surface area contributed by atoms with E-state index in [4.69, 9.17) is 40.5 Å². The molecule has 0 aliphatic rings. The minimum atomic E-state index is 0. The molecule has 0 saturated carbocycles. The van der Waals surface area contributed by atoms with Crippen molar-refractivity contribution in [3.05, 3.63) is 40.5 Å². The van der Waals surface area contributed by atoms with Crippen molar-refractivity contribution in [2.75, 3.05) is 0 Å². The Morgan fingerprint density at radius 2 is 0.571 bits per heavy atom. The predicted octanol–water partition coefficient (Wildman–Crippen LogP) is 0.619. The van der Waals surface area contributed by atoms with Gasteiger partial charge in [0.2, 0.25) is 0 Å². The fourth-order valence-corrected chi connectivity index (χ4v) is 0. The summed E-state index contributed by atoms with van der Waals surface area (Å²) in [6, 6.07) is 0. The summed E-state index contributed by atoms with van der Waals surface area (Å²) in [5, 5.41) is 36.0. The zero-order valence-corrected chi connectivity index (χ0v) is 7.69. The summed E-state index contributed by atoms with van der Waals surface area (Å²) in [7, 11) is 0. The molecule has 0 saturated heterocycles. The maximum absolute atomic E-state index is 8.00. The molecule has 0 aromatic heterocycles. The summed E-state index contributed by atoms with van der Waals surface area (Å²) >= 11 is 0. The molecule has 14 heavy (non-hydrogen) atoms. The van der Waals surface area contributed by atoms with Crippen LogP contribution in [-0.2, 0) is 21.7 Å². The minimum absolute atomic E-state index is 0. The van der Waals surface area contributed by atoms with Gasteiger partial charge >= 0.3 is 21.7 Å². The molecule has 14 heteroatoms. The van der Waals surface area contributed by atoms with Crippen molar-refractivity contribution < 1.29 is 21.7 Å². The van der Waals surface area contributed by atoms with E-state index >= 15 is 0 Å². The van der Waals surface area contributed by atoms with Crippen LogP contribution in [0.1, 0.15) is 0 Å². The predicted molar refractivity (Wildman–Crippen MR) is 42.4 cm³/mol. The van der Waals surface area contributed by atoms with Gasteiger partial charge in [-0.3, -0.25) is 0 Å². The Kier molecular flexibility index (Phi) is 609. The fraction of sp³-hybridized carbons (Fsp3) is 0. The first-order chi connectivity index (χ1) is 5.66. The second-order valence-corrected chi connectivity index (χ2v) is 0.298. The van der Waals surface area contributed by atoms with Crippen molar-refractivity contribution in [1.29, 1.82) is 0 Å². The molecule has 3 radical (unpaired) electrons. The van der Waals surface area contributed by atoms with Gasteiger partial charge in [0.15, 0.2) is 0 Å². The number of hydrogen-bond acceptors (Lipinski definition) is 12. The van der Waals surface area contributed by atoms with Crippen LogP contribution >= 0.6 is 0 Å². The second kappa shape index (κ2) is 217. The van der Waals surface area contributed by atoms with Crippen molar-refractivity contribution in [3.8, 4) is 0 Å². The third kappa shape index (κ3) is 348. The maximum Gasteiger partial charge on any atom is 4.00 e. The van der Waals surface area contributed by atoms with Gasteiger partial charge in [0.1, 0.15) is 0 Å². The molecule has 0 heterocycles. The van der Waals surface area contributed by atoms with Crippen molar-refractivity contribution in [1.82, 2.24) is 0 Å². The van der Waals surface area contributed by atoms with Crippen LogP contribution in [0.3, 0.4) is 0 Å². The molecule has 0 aromatic carbocycles. The minimum Gasteiger partial charge on any atom is -0.444 e. The second-order valence-electron chi connectivity index (χ2n) is 0.298. The molecular formula is BN4O8Ti. The van der Waals surface area contributed by atoms with Gasteiger partial charge in [-0.05, 0) is 0 Å². The fourth-order valence-electron chi connectivity index (χ4n) is 0. The molecule has 0 aromatic rings. The van der Waals surface area contributed by atoms with E-state index in [-0.39, 0.29) is 30.1 Å². The zero-order valence-electron chi connectivity index (χ0n) is 6.13. The Bertz CT molecular complexity index is 75.3. The first-order valence-electron chi connectivity index (χ1n) is 1.46. The Morgan fingerprint density at radius 3 is 0.571 bits per heavy atom. The van der Waals surface area contributed by atoms with Crippen LogP contribution < -0.4 is 0 Å². The summed E-state index contributed by atoms with van der Waals surface area (Å²) in [6.45, 7) is 0. The van der Waals surface area contributed by atoms with Crippen molar-refractivity contribution >= 4 is 8.41 Å². The summed E-state index contributed by atoms with van der Waals surface area (Å²) in [6.07, 6.45) is 0. The quantitative estimate of drug-likeness (QED) is 0.332. The van der Waals surface area contributed by atoms with Gasteiger partial charge in [-0.25, -0.2) is 0 Å². The molecule has 0 N–H and O–H groups in total. The smallest absolute Gasteiger partial charge is 0.444 e. The Labute approximate surface area is 92.5 Å². The molecule has 0 rings (SSSR count). The van der Waals surface area contributed by atoms with Crippen molar-refractivity contribution in [3.63, 3.8) is 0 Å².